The van der Waals surface area contributed by atoms with Crippen LogP contribution in [0.4, 0.5) is 10.1 Å². The second kappa shape index (κ2) is 8.06. The van der Waals surface area contributed by atoms with Gasteiger partial charge in [-0.3, -0.25) is 9.59 Å². The number of hydrogen-bond acceptors (Lipinski definition) is 3. The number of amides is 1. The number of quaternary nitrogens is 1. The third kappa shape index (κ3) is 4.51. The van der Waals surface area contributed by atoms with Crippen molar-refractivity contribution in [3.05, 3.63) is 30.1 Å². The summed E-state index contributed by atoms with van der Waals surface area (Å²) in [5, 5.41) is 2.64. The van der Waals surface area contributed by atoms with Gasteiger partial charge in [0.2, 0.25) is 0 Å². The van der Waals surface area contributed by atoms with E-state index >= 15 is 0 Å². The van der Waals surface area contributed by atoms with Gasteiger partial charge in [-0.15, -0.1) is 0 Å². The summed E-state index contributed by atoms with van der Waals surface area (Å²) in [4.78, 5) is 25.1. The highest BCUT2D eigenvalue weighted by molar-refractivity contribution is 5.93. The number of halogens is 1. The Balaban J connectivity index is 1.87. The predicted molar refractivity (Wildman–Crippen MR) is 84.5 cm³/mol. The SMILES string of the molecule is CCOC(=O)C1CC[NH+]([C@H](C)C(=O)Nc2ccccc2F)CC1. The van der Waals surface area contributed by atoms with Crippen LogP contribution in [-0.2, 0) is 14.3 Å². The number of piperidine rings is 1. The van der Waals surface area contributed by atoms with Gasteiger partial charge in [0, 0.05) is 12.8 Å². The van der Waals surface area contributed by atoms with E-state index in [0.29, 0.717) is 19.4 Å². The Morgan fingerprint density at radius 1 is 1.35 bits per heavy atom. The number of ether oxygens (including phenoxy) is 1. The molecule has 5 nitrogen and oxygen atoms in total. The molecule has 0 bridgehead atoms. The van der Waals surface area contributed by atoms with Crippen LogP contribution >= 0.6 is 0 Å². The lowest BCUT2D eigenvalue weighted by molar-refractivity contribution is -0.919. The van der Waals surface area contributed by atoms with E-state index in [1.54, 1.807) is 25.1 Å². The average Bonchev–Trinajstić information content (AvgIpc) is 2.56. The molecule has 0 spiro atoms. The summed E-state index contributed by atoms with van der Waals surface area (Å²) < 4.78 is 18.6. The van der Waals surface area contributed by atoms with Crippen molar-refractivity contribution in [2.75, 3.05) is 25.0 Å². The lowest BCUT2D eigenvalue weighted by atomic mass is 9.96. The second-order valence-corrected chi connectivity index (χ2v) is 5.88. The van der Waals surface area contributed by atoms with E-state index in [1.165, 1.54) is 6.07 Å². The first-order valence-electron chi connectivity index (χ1n) is 8.09. The van der Waals surface area contributed by atoms with Crippen LogP contribution in [0.15, 0.2) is 24.3 Å². The summed E-state index contributed by atoms with van der Waals surface area (Å²) in [6.45, 7) is 5.49. The predicted octanol–water partition coefficient (Wildman–Crippen LogP) is 1.01. The fourth-order valence-electron chi connectivity index (χ4n) is 2.91. The molecular formula is C17H24FN2O3+. The standard InChI is InChI=1S/C17H23FN2O3/c1-3-23-17(22)13-8-10-20(11-9-13)12(2)16(21)19-15-7-5-4-6-14(15)18/h4-7,12-13H,3,8-11H2,1-2H3,(H,19,21)/p+1/t12-/m1/s1. The Hall–Kier alpha value is -1.95. The molecule has 23 heavy (non-hydrogen) atoms. The minimum Gasteiger partial charge on any atom is -0.466 e. The van der Waals surface area contributed by atoms with Gasteiger partial charge in [0.15, 0.2) is 6.04 Å². The molecule has 6 heteroatoms. The lowest BCUT2D eigenvalue weighted by Gasteiger charge is -2.31. The van der Waals surface area contributed by atoms with Crippen LogP contribution in [0.2, 0.25) is 0 Å². The number of benzene rings is 1. The molecule has 1 heterocycles. The molecule has 2 rings (SSSR count). The van der Waals surface area contributed by atoms with Crippen LogP contribution in [0.25, 0.3) is 0 Å². The zero-order valence-electron chi connectivity index (χ0n) is 13.6. The molecule has 0 saturated carbocycles. The molecule has 1 amide bonds. The molecule has 1 atom stereocenters. The van der Waals surface area contributed by atoms with Crippen LogP contribution < -0.4 is 10.2 Å². The summed E-state index contributed by atoms with van der Waals surface area (Å²) in [6, 6.07) is 5.83. The van der Waals surface area contributed by atoms with Crippen molar-refractivity contribution in [2.45, 2.75) is 32.7 Å². The van der Waals surface area contributed by atoms with Crippen molar-refractivity contribution in [1.29, 1.82) is 0 Å². The molecule has 0 radical (unpaired) electrons. The van der Waals surface area contributed by atoms with Gasteiger partial charge < -0.3 is 15.0 Å². The number of rotatable bonds is 5. The number of carbonyl (C=O) groups excluding carboxylic acids is 2. The normalized spacial score (nSPS) is 22.2. The van der Waals surface area contributed by atoms with Crippen molar-refractivity contribution in [3.8, 4) is 0 Å². The maximum absolute atomic E-state index is 13.6. The van der Waals surface area contributed by atoms with E-state index in [4.69, 9.17) is 4.74 Å². The number of hydrogen-bond donors (Lipinski definition) is 2. The largest absolute Gasteiger partial charge is 0.466 e. The van der Waals surface area contributed by atoms with Gasteiger partial charge in [0.25, 0.3) is 5.91 Å². The van der Waals surface area contributed by atoms with Gasteiger partial charge in [-0.05, 0) is 26.0 Å². The molecule has 1 fully saturated rings. The fourth-order valence-corrected chi connectivity index (χ4v) is 2.91. The Kier molecular flexibility index (Phi) is 6.10. The first-order chi connectivity index (χ1) is 11.0. The smallest absolute Gasteiger partial charge is 0.309 e. The Labute approximate surface area is 135 Å². The fraction of sp³-hybridized carbons (Fsp3) is 0.529. The Morgan fingerprint density at radius 2 is 2.00 bits per heavy atom. The van der Waals surface area contributed by atoms with Gasteiger partial charge in [-0.25, -0.2) is 4.39 Å². The monoisotopic (exact) mass is 323 g/mol. The van der Waals surface area contributed by atoms with Crippen LogP contribution in [0.5, 0.6) is 0 Å². The molecule has 1 aliphatic heterocycles. The van der Waals surface area contributed by atoms with Crippen LogP contribution in [0, 0.1) is 11.7 Å². The van der Waals surface area contributed by atoms with Gasteiger partial charge in [-0.1, -0.05) is 12.1 Å². The summed E-state index contributed by atoms with van der Waals surface area (Å²) in [7, 11) is 0. The van der Waals surface area contributed by atoms with E-state index in [2.05, 4.69) is 5.32 Å². The summed E-state index contributed by atoms with van der Waals surface area (Å²) >= 11 is 0. The topological polar surface area (TPSA) is 59.8 Å². The quantitative estimate of drug-likeness (QED) is 0.795. The van der Waals surface area contributed by atoms with E-state index < -0.39 is 5.82 Å². The van der Waals surface area contributed by atoms with Crippen LogP contribution in [0.3, 0.4) is 0 Å². The molecule has 126 valence electrons. The number of esters is 1. The highest BCUT2D eigenvalue weighted by Crippen LogP contribution is 2.14. The Morgan fingerprint density at radius 3 is 2.61 bits per heavy atom. The van der Waals surface area contributed by atoms with Crippen LogP contribution in [0.1, 0.15) is 26.7 Å². The molecule has 0 unspecified atom stereocenters. The highest BCUT2D eigenvalue weighted by Gasteiger charge is 2.33. The first-order valence-corrected chi connectivity index (χ1v) is 8.09. The average molecular weight is 323 g/mol. The highest BCUT2D eigenvalue weighted by atomic mass is 19.1. The van der Waals surface area contributed by atoms with Gasteiger partial charge in [0.05, 0.1) is 31.3 Å². The van der Waals surface area contributed by atoms with Gasteiger partial charge in [0.1, 0.15) is 5.82 Å². The number of para-hydroxylation sites is 1. The summed E-state index contributed by atoms with van der Waals surface area (Å²) in [5.41, 5.74) is 0.199. The lowest BCUT2D eigenvalue weighted by Crippen LogP contribution is -3.17. The van der Waals surface area contributed by atoms with Crippen molar-refractivity contribution < 1.29 is 23.6 Å². The minimum atomic E-state index is -0.441. The third-order valence-electron chi connectivity index (χ3n) is 4.39. The summed E-state index contributed by atoms with van der Waals surface area (Å²) in [5.74, 6) is -0.862. The second-order valence-electron chi connectivity index (χ2n) is 5.88. The van der Waals surface area contributed by atoms with Gasteiger partial charge in [-0.2, -0.15) is 0 Å². The van der Waals surface area contributed by atoms with E-state index in [1.807, 2.05) is 6.92 Å². The van der Waals surface area contributed by atoms with Crippen molar-refractivity contribution >= 4 is 17.6 Å². The van der Waals surface area contributed by atoms with Crippen molar-refractivity contribution in [1.82, 2.24) is 0 Å². The number of anilines is 1. The molecule has 1 aromatic carbocycles. The first kappa shape index (κ1) is 17.4. The van der Waals surface area contributed by atoms with E-state index in [9.17, 15) is 14.0 Å². The number of likely N-dealkylation sites (tertiary alicyclic amines) is 1. The van der Waals surface area contributed by atoms with Gasteiger partial charge >= 0.3 is 5.97 Å². The van der Waals surface area contributed by atoms with Crippen LogP contribution in [-0.4, -0.2) is 37.6 Å². The molecular weight excluding hydrogens is 299 g/mol. The molecule has 1 saturated heterocycles. The molecule has 1 aromatic rings. The molecule has 2 N–H and O–H groups in total. The van der Waals surface area contributed by atoms with E-state index in [0.717, 1.165) is 18.0 Å². The zero-order chi connectivity index (χ0) is 16.8. The zero-order valence-corrected chi connectivity index (χ0v) is 13.6. The third-order valence-corrected chi connectivity index (χ3v) is 4.39. The van der Waals surface area contributed by atoms with E-state index in [-0.39, 0.29) is 29.5 Å². The molecule has 1 aliphatic rings. The van der Waals surface area contributed by atoms with Crippen molar-refractivity contribution in [3.63, 3.8) is 0 Å². The maximum Gasteiger partial charge on any atom is 0.309 e. The molecule has 0 aliphatic carbocycles. The number of carbonyl (C=O) groups is 2. The minimum absolute atomic E-state index is 0.0690. The summed E-state index contributed by atoms with van der Waals surface area (Å²) in [6.07, 6.45) is 1.43. The molecule has 0 aromatic heterocycles. The Bertz CT molecular complexity index is 557. The number of nitrogens with one attached hydrogen (secondary N) is 2. The van der Waals surface area contributed by atoms with Crippen molar-refractivity contribution in [2.24, 2.45) is 5.92 Å². The maximum atomic E-state index is 13.6.